The van der Waals surface area contributed by atoms with Gasteiger partial charge in [0.2, 0.25) is 5.91 Å². The van der Waals surface area contributed by atoms with E-state index in [0.29, 0.717) is 13.0 Å². The summed E-state index contributed by atoms with van der Waals surface area (Å²) >= 11 is 0. The number of fused-ring (bicyclic) bond motifs is 1. The molecule has 0 fully saturated rings. The number of imidazole rings is 1. The van der Waals surface area contributed by atoms with Gasteiger partial charge in [0, 0.05) is 26.4 Å². The zero-order valence-corrected chi connectivity index (χ0v) is 12.7. The highest BCUT2D eigenvalue weighted by atomic mass is 16.2. The molecule has 1 amide bonds. The van der Waals surface area contributed by atoms with Crippen molar-refractivity contribution in [3.05, 3.63) is 53.1 Å². The molecule has 1 aliphatic heterocycles. The number of amides is 1. The van der Waals surface area contributed by atoms with Gasteiger partial charge in [0.15, 0.2) is 0 Å². The van der Waals surface area contributed by atoms with Crippen LogP contribution in [0.5, 0.6) is 0 Å². The largest absolute Gasteiger partial charge is 0.336 e. The molecule has 0 radical (unpaired) electrons. The van der Waals surface area contributed by atoms with Crippen LogP contribution in [0.4, 0.5) is 0 Å². The van der Waals surface area contributed by atoms with Crippen molar-refractivity contribution in [3.63, 3.8) is 0 Å². The number of nitrogens with zero attached hydrogens (tertiary/aromatic N) is 3. The minimum absolute atomic E-state index is 0.238. The number of aryl methyl sites for hydroxylation is 3. The van der Waals surface area contributed by atoms with Gasteiger partial charge in [0.25, 0.3) is 0 Å². The van der Waals surface area contributed by atoms with Gasteiger partial charge in [-0.05, 0) is 18.9 Å². The summed E-state index contributed by atoms with van der Waals surface area (Å²) in [5.74, 6) is 0.238. The lowest BCUT2D eigenvalue weighted by atomic mass is 10.1. The van der Waals surface area contributed by atoms with Gasteiger partial charge in [-0.15, -0.1) is 0 Å². The molecule has 1 aromatic carbocycles. The van der Waals surface area contributed by atoms with E-state index >= 15 is 0 Å². The van der Waals surface area contributed by atoms with Crippen molar-refractivity contribution in [3.8, 4) is 0 Å². The van der Waals surface area contributed by atoms with E-state index in [2.05, 4.69) is 36.2 Å². The van der Waals surface area contributed by atoms with Gasteiger partial charge in [-0.25, -0.2) is 4.98 Å². The smallest absolute Gasteiger partial charge is 0.223 e. The molecule has 1 aromatic heterocycles. The van der Waals surface area contributed by atoms with Crippen LogP contribution in [-0.4, -0.2) is 26.9 Å². The third kappa shape index (κ3) is 2.99. The first-order valence-electron chi connectivity index (χ1n) is 7.46. The highest BCUT2D eigenvalue weighted by Crippen LogP contribution is 2.18. The maximum absolute atomic E-state index is 12.4. The molecule has 3 rings (SSSR count). The summed E-state index contributed by atoms with van der Waals surface area (Å²) in [5.41, 5.74) is 4.79. The fourth-order valence-electron chi connectivity index (χ4n) is 2.79. The Labute approximate surface area is 125 Å². The van der Waals surface area contributed by atoms with Gasteiger partial charge in [0.05, 0.1) is 24.3 Å². The number of benzene rings is 1. The van der Waals surface area contributed by atoms with Crippen molar-refractivity contribution >= 4 is 5.91 Å². The molecule has 0 saturated carbocycles. The molecule has 0 aliphatic carbocycles. The van der Waals surface area contributed by atoms with Crippen molar-refractivity contribution in [1.82, 2.24) is 14.5 Å². The molecular weight excluding hydrogens is 262 g/mol. The van der Waals surface area contributed by atoms with E-state index in [1.165, 1.54) is 16.8 Å². The lowest BCUT2D eigenvalue weighted by Gasteiger charge is -2.27. The first-order chi connectivity index (χ1) is 10.1. The van der Waals surface area contributed by atoms with Crippen molar-refractivity contribution in [1.29, 1.82) is 0 Å². The fraction of sp³-hybridized carbons (Fsp3) is 0.412. The van der Waals surface area contributed by atoms with Crippen molar-refractivity contribution in [2.45, 2.75) is 32.7 Å². The molecule has 2 aromatic rings. The van der Waals surface area contributed by atoms with Gasteiger partial charge in [-0.3, -0.25) is 4.79 Å². The average Bonchev–Trinajstić information content (AvgIpc) is 2.87. The lowest BCUT2D eigenvalue weighted by molar-refractivity contribution is -0.132. The normalized spacial score (nSPS) is 14.1. The number of carbonyl (C=O) groups is 1. The van der Waals surface area contributed by atoms with Crippen LogP contribution in [0.1, 0.15) is 28.9 Å². The Morgan fingerprint density at radius 3 is 2.81 bits per heavy atom. The Balaban J connectivity index is 1.59. The van der Waals surface area contributed by atoms with E-state index < -0.39 is 0 Å². The molecule has 0 atom stereocenters. The maximum Gasteiger partial charge on any atom is 0.223 e. The van der Waals surface area contributed by atoms with Crippen LogP contribution in [0.15, 0.2) is 30.6 Å². The predicted octanol–water partition coefficient (Wildman–Crippen LogP) is 2.25. The maximum atomic E-state index is 12.4. The number of hydrogen-bond acceptors (Lipinski definition) is 2. The zero-order chi connectivity index (χ0) is 14.8. The number of hydrogen-bond donors (Lipinski definition) is 0. The standard InChI is InChI=1S/C17H21N3O/c1-13-3-5-14(6-4-13)7-8-17(21)20-10-9-15-16(11-20)19(2)12-18-15/h3-6,12H,7-11H2,1-2H3. The second-order valence-electron chi connectivity index (χ2n) is 5.80. The molecule has 4 heteroatoms. The molecule has 110 valence electrons. The Morgan fingerprint density at radius 2 is 2.05 bits per heavy atom. The lowest BCUT2D eigenvalue weighted by Crippen LogP contribution is -2.36. The van der Waals surface area contributed by atoms with Crippen LogP contribution in [-0.2, 0) is 31.2 Å². The molecule has 0 spiro atoms. The van der Waals surface area contributed by atoms with Crippen LogP contribution in [0.3, 0.4) is 0 Å². The highest BCUT2D eigenvalue weighted by Gasteiger charge is 2.23. The van der Waals surface area contributed by atoms with Crippen molar-refractivity contribution in [2.75, 3.05) is 6.54 Å². The van der Waals surface area contributed by atoms with E-state index in [1.807, 2.05) is 22.8 Å². The van der Waals surface area contributed by atoms with Gasteiger partial charge in [0.1, 0.15) is 0 Å². The minimum Gasteiger partial charge on any atom is -0.336 e. The van der Waals surface area contributed by atoms with Crippen LogP contribution < -0.4 is 0 Å². The van der Waals surface area contributed by atoms with Crippen molar-refractivity contribution < 1.29 is 4.79 Å². The van der Waals surface area contributed by atoms with Crippen LogP contribution in [0.25, 0.3) is 0 Å². The van der Waals surface area contributed by atoms with Gasteiger partial charge >= 0.3 is 0 Å². The number of rotatable bonds is 3. The molecular formula is C17H21N3O. The summed E-state index contributed by atoms with van der Waals surface area (Å²) in [5, 5.41) is 0. The summed E-state index contributed by atoms with van der Waals surface area (Å²) in [6.07, 6.45) is 4.10. The Morgan fingerprint density at radius 1 is 1.29 bits per heavy atom. The zero-order valence-electron chi connectivity index (χ0n) is 12.7. The van der Waals surface area contributed by atoms with Gasteiger partial charge < -0.3 is 9.47 Å². The molecule has 0 bridgehead atoms. The van der Waals surface area contributed by atoms with E-state index in [1.54, 1.807) is 0 Å². The molecule has 21 heavy (non-hydrogen) atoms. The second-order valence-corrected chi connectivity index (χ2v) is 5.80. The Bertz CT molecular complexity index is 643. The highest BCUT2D eigenvalue weighted by molar-refractivity contribution is 5.76. The van der Waals surface area contributed by atoms with Crippen LogP contribution in [0, 0.1) is 6.92 Å². The molecule has 0 saturated heterocycles. The average molecular weight is 283 g/mol. The number of aromatic nitrogens is 2. The topological polar surface area (TPSA) is 38.1 Å². The predicted molar refractivity (Wildman–Crippen MR) is 81.8 cm³/mol. The second kappa shape index (κ2) is 5.72. The van der Waals surface area contributed by atoms with Crippen molar-refractivity contribution in [2.24, 2.45) is 7.05 Å². The summed E-state index contributed by atoms with van der Waals surface area (Å²) in [6.45, 7) is 3.56. The third-order valence-corrected chi connectivity index (χ3v) is 4.21. The first kappa shape index (κ1) is 13.9. The van der Waals surface area contributed by atoms with Gasteiger partial charge in [-0.1, -0.05) is 29.8 Å². The summed E-state index contributed by atoms with van der Waals surface area (Å²) in [7, 11) is 1.99. The van der Waals surface area contributed by atoms with E-state index in [0.717, 1.165) is 25.1 Å². The van der Waals surface area contributed by atoms with E-state index in [4.69, 9.17) is 0 Å². The fourth-order valence-corrected chi connectivity index (χ4v) is 2.79. The Hall–Kier alpha value is -2.10. The SMILES string of the molecule is Cc1ccc(CCC(=O)N2CCc3ncn(C)c3C2)cc1. The first-order valence-corrected chi connectivity index (χ1v) is 7.46. The van der Waals surface area contributed by atoms with E-state index in [-0.39, 0.29) is 5.91 Å². The van der Waals surface area contributed by atoms with Crippen LogP contribution >= 0.6 is 0 Å². The minimum atomic E-state index is 0.238. The third-order valence-electron chi connectivity index (χ3n) is 4.21. The molecule has 0 unspecified atom stereocenters. The number of carbonyl (C=O) groups excluding carboxylic acids is 1. The monoisotopic (exact) mass is 283 g/mol. The molecule has 2 heterocycles. The summed E-state index contributed by atoms with van der Waals surface area (Å²) in [4.78, 5) is 18.7. The molecule has 1 aliphatic rings. The Kier molecular flexibility index (Phi) is 3.78. The van der Waals surface area contributed by atoms with Gasteiger partial charge in [-0.2, -0.15) is 0 Å². The van der Waals surface area contributed by atoms with E-state index in [9.17, 15) is 4.79 Å². The quantitative estimate of drug-likeness (QED) is 0.866. The molecule has 4 nitrogen and oxygen atoms in total. The molecule has 0 N–H and O–H groups in total. The summed E-state index contributed by atoms with van der Waals surface area (Å²) in [6, 6.07) is 8.42. The van der Waals surface area contributed by atoms with Crippen LogP contribution in [0.2, 0.25) is 0 Å². The summed E-state index contributed by atoms with van der Waals surface area (Å²) < 4.78 is 2.02.